The Morgan fingerprint density at radius 1 is 1.41 bits per heavy atom. The van der Waals surface area contributed by atoms with Crippen LogP contribution < -0.4 is 40.6 Å². The first kappa shape index (κ1) is 22.5. The predicted octanol–water partition coefficient (Wildman–Crippen LogP) is 1.42. The molecule has 0 spiro atoms. The molecule has 2 aliphatic rings. The van der Waals surface area contributed by atoms with E-state index in [2.05, 4.69) is 26.7 Å². The van der Waals surface area contributed by atoms with Crippen LogP contribution in [-0.4, -0.2) is 17.1 Å². The fraction of sp³-hybridized carbons (Fsp3) is 0.400. The molecule has 148 valence electrons. The third-order valence-corrected chi connectivity index (χ3v) is 5.61. The summed E-state index contributed by atoms with van der Waals surface area (Å²) in [6.07, 6.45) is 3.57. The summed E-state index contributed by atoms with van der Waals surface area (Å²) in [5, 5.41) is 4.37. The van der Waals surface area contributed by atoms with Crippen LogP contribution in [0.5, 0.6) is 0 Å². The molecule has 1 N–H and O–H groups in total. The molecule has 0 saturated heterocycles. The van der Waals surface area contributed by atoms with Crippen molar-refractivity contribution in [2.75, 3.05) is 6.61 Å². The smallest absolute Gasteiger partial charge is 0.654 e. The van der Waals surface area contributed by atoms with E-state index in [9.17, 15) is 14.0 Å². The van der Waals surface area contributed by atoms with Gasteiger partial charge >= 0.3 is 29.6 Å². The number of carbonyl (C=O) groups excluding carboxylic acids is 1. The van der Waals surface area contributed by atoms with E-state index in [1.807, 2.05) is 0 Å². The van der Waals surface area contributed by atoms with E-state index in [0.717, 1.165) is 19.3 Å². The number of hydrogen-bond acceptors (Lipinski definition) is 3. The first-order valence-electron chi connectivity index (χ1n) is 9.31. The summed E-state index contributed by atoms with van der Waals surface area (Å²) in [6.45, 7) is 2.64. The number of pyridine rings is 1. The van der Waals surface area contributed by atoms with Gasteiger partial charge in [-0.2, -0.15) is 0 Å². The van der Waals surface area contributed by atoms with E-state index in [0.29, 0.717) is 41.2 Å². The maximum Gasteiger partial charge on any atom is 1.00 e. The minimum Gasteiger partial charge on any atom is -0.654 e. The van der Waals surface area contributed by atoms with E-state index >= 15 is 0 Å². The number of aromatic nitrogens is 1. The minimum atomic E-state index is -0.536. The number of hydroxylamine groups is 1. The number of nitrogens with one attached hydrogen (secondary N) is 1. The molecule has 1 amide bonds. The van der Waals surface area contributed by atoms with Gasteiger partial charge in [0.1, 0.15) is 5.82 Å². The van der Waals surface area contributed by atoms with Crippen LogP contribution in [0.3, 0.4) is 0 Å². The van der Waals surface area contributed by atoms with Gasteiger partial charge in [0.2, 0.25) is 0 Å². The molecule has 9 heteroatoms. The van der Waals surface area contributed by atoms with Crippen LogP contribution in [0, 0.1) is 18.7 Å². The second-order valence-electron chi connectivity index (χ2n) is 7.25. The molecule has 1 saturated carbocycles. The van der Waals surface area contributed by atoms with Crippen LogP contribution in [0.2, 0.25) is 0 Å². The molecule has 1 fully saturated rings. The summed E-state index contributed by atoms with van der Waals surface area (Å²) in [4.78, 5) is 31.0. The maximum atomic E-state index is 14.3. The van der Waals surface area contributed by atoms with Gasteiger partial charge in [-0.3, -0.25) is 14.4 Å². The number of nitrogens with zero attached hydrogens (tertiary/aromatic N) is 2. The van der Waals surface area contributed by atoms with Crippen LogP contribution in [0.4, 0.5) is 15.8 Å². The number of hydrogen-bond donors (Lipinski definition) is 1. The summed E-state index contributed by atoms with van der Waals surface area (Å²) in [5.41, 5.74) is 3.79. The van der Waals surface area contributed by atoms with Crippen molar-refractivity contribution in [3.8, 4) is 0 Å². The molecular formula is C20H20BrFN3NaO3. The van der Waals surface area contributed by atoms with E-state index in [-0.39, 0.29) is 52.1 Å². The van der Waals surface area contributed by atoms with Gasteiger partial charge in [-0.25, -0.2) is 9.87 Å². The quantitative estimate of drug-likeness (QED) is 0.511. The first-order valence-corrected chi connectivity index (χ1v) is 10.1. The zero-order valence-corrected chi connectivity index (χ0v) is 20.0. The Kier molecular flexibility index (Phi) is 7.22. The van der Waals surface area contributed by atoms with Crippen LogP contribution in [0.1, 0.15) is 40.9 Å². The largest absolute Gasteiger partial charge is 1.00 e. The first-order chi connectivity index (χ1) is 13.5. The molecule has 4 rings (SSSR count). The maximum absolute atomic E-state index is 14.3. The fourth-order valence-electron chi connectivity index (χ4n) is 3.42. The number of amides is 1. The third kappa shape index (κ3) is 4.77. The molecule has 2 heterocycles. The van der Waals surface area contributed by atoms with Crippen molar-refractivity contribution in [1.82, 2.24) is 10.0 Å². The van der Waals surface area contributed by atoms with E-state index in [1.165, 1.54) is 12.1 Å². The summed E-state index contributed by atoms with van der Waals surface area (Å²) in [7, 11) is 0. The van der Waals surface area contributed by atoms with Crippen LogP contribution in [0.25, 0.3) is 5.32 Å². The Morgan fingerprint density at radius 2 is 2.17 bits per heavy atom. The van der Waals surface area contributed by atoms with E-state index < -0.39 is 11.7 Å². The Morgan fingerprint density at radius 3 is 2.86 bits per heavy atom. The van der Waals surface area contributed by atoms with E-state index in [4.69, 9.17) is 4.84 Å². The van der Waals surface area contributed by atoms with Gasteiger partial charge < -0.3 is 9.88 Å². The van der Waals surface area contributed by atoms with Gasteiger partial charge in [-0.1, -0.05) is 27.7 Å². The fourth-order valence-corrected chi connectivity index (χ4v) is 3.75. The van der Waals surface area contributed by atoms with E-state index in [1.54, 1.807) is 17.6 Å². The molecule has 1 aromatic carbocycles. The molecular weight excluding hydrogens is 452 g/mol. The molecule has 2 aromatic rings. The Hall–Kier alpha value is -1.19. The van der Waals surface area contributed by atoms with Crippen molar-refractivity contribution in [1.29, 1.82) is 0 Å². The summed E-state index contributed by atoms with van der Waals surface area (Å²) in [5.74, 6) is -0.497. The number of carbonyl (C=O) groups is 1. The Balaban J connectivity index is 0.00000240. The number of halogens is 2. The normalized spacial score (nSPS) is 14.9. The Labute approximate surface area is 198 Å². The molecule has 0 unspecified atom stereocenters. The minimum absolute atomic E-state index is 0. The van der Waals surface area contributed by atoms with Gasteiger partial charge in [-0.05, 0) is 50.7 Å². The monoisotopic (exact) mass is 471 g/mol. The molecule has 1 aromatic heterocycles. The molecule has 0 radical (unpaired) electrons. The molecule has 1 aliphatic heterocycles. The predicted molar refractivity (Wildman–Crippen MR) is 107 cm³/mol. The molecule has 0 atom stereocenters. The van der Waals surface area contributed by atoms with Crippen molar-refractivity contribution < 1.29 is 43.6 Å². The zero-order valence-electron chi connectivity index (χ0n) is 16.4. The molecule has 1 aliphatic carbocycles. The summed E-state index contributed by atoms with van der Waals surface area (Å²) in [6, 6.07) is 4.47. The second-order valence-corrected chi connectivity index (χ2v) is 8.16. The van der Waals surface area contributed by atoms with Gasteiger partial charge in [0.05, 0.1) is 6.61 Å². The zero-order chi connectivity index (χ0) is 19.8. The van der Waals surface area contributed by atoms with Crippen LogP contribution >= 0.6 is 15.9 Å². The topological polar surface area (TPSA) is 74.4 Å². The third-order valence-electron chi connectivity index (χ3n) is 5.12. The summed E-state index contributed by atoms with van der Waals surface area (Å²) < 4.78 is 16.5. The van der Waals surface area contributed by atoms with Crippen molar-refractivity contribution in [2.24, 2.45) is 5.92 Å². The summed E-state index contributed by atoms with van der Waals surface area (Å²) >= 11 is 3.22. The number of fused-ring (bicyclic) bond motifs is 1. The van der Waals surface area contributed by atoms with Crippen molar-refractivity contribution in [3.05, 3.63) is 61.0 Å². The van der Waals surface area contributed by atoms with Crippen LogP contribution in [0.15, 0.2) is 27.5 Å². The van der Waals surface area contributed by atoms with Gasteiger partial charge in [0.15, 0.2) is 0 Å². The number of benzene rings is 1. The standard InChI is InChI=1S/C20H21BrFN3O3.Na/c1-11-18(23-15-7-6-13(21)9-14(15)22)17(16-3-2-8-25(16)20(11)27)19(26)24-28-10-12-4-5-12;/h6-7,9,12H,2-5,8,10H2,1H3,(H2,23,24,26,27);/q;+1/p-1. The van der Waals surface area contributed by atoms with Crippen molar-refractivity contribution in [2.45, 2.75) is 39.2 Å². The Bertz CT molecular complexity index is 1010. The average Bonchev–Trinajstić information content (AvgIpc) is 3.35. The van der Waals surface area contributed by atoms with Gasteiger partial charge in [0.25, 0.3) is 11.5 Å². The van der Waals surface area contributed by atoms with Gasteiger partial charge in [-0.15, -0.1) is 5.69 Å². The average molecular weight is 472 g/mol. The molecule has 29 heavy (non-hydrogen) atoms. The van der Waals surface area contributed by atoms with Crippen molar-refractivity contribution in [3.63, 3.8) is 0 Å². The van der Waals surface area contributed by atoms with Crippen molar-refractivity contribution >= 4 is 33.2 Å². The SMILES string of the molecule is Cc1c([N-]c2ccc(Br)cc2F)c(C(=O)NOCC2CC2)c2n(c1=O)CCC2.[Na+]. The molecule has 6 nitrogen and oxygen atoms in total. The molecule has 0 bridgehead atoms. The van der Waals surface area contributed by atoms with Crippen LogP contribution in [-0.2, 0) is 17.8 Å². The number of rotatable bonds is 6. The second kappa shape index (κ2) is 9.31. The van der Waals surface area contributed by atoms with Gasteiger partial charge in [0, 0.05) is 27.8 Å².